The number of fused-ring (bicyclic) bond motifs is 1. The maximum atomic E-state index is 12.6. The van der Waals surface area contributed by atoms with Crippen LogP contribution < -0.4 is 4.74 Å². The van der Waals surface area contributed by atoms with E-state index in [1.807, 2.05) is 60.7 Å². The quantitative estimate of drug-likeness (QED) is 0.281. The minimum atomic E-state index is 0.107. The van der Waals surface area contributed by atoms with Crippen LogP contribution in [0.25, 0.3) is 10.9 Å². The number of Topliss-reactive ketones (excluding diaryl/α,β-unsaturated/α-hetero) is 1. The van der Waals surface area contributed by atoms with Gasteiger partial charge in [-0.15, -0.1) is 0 Å². The van der Waals surface area contributed by atoms with Gasteiger partial charge in [0.1, 0.15) is 11.5 Å². The zero-order chi connectivity index (χ0) is 23.4. The molecule has 4 rings (SSSR count). The van der Waals surface area contributed by atoms with Crippen molar-refractivity contribution < 1.29 is 9.53 Å². The predicted octanol–water partition coefficient (Wildman–Crippen LogP) is 6.43. The maximum Gasteiger partial charge on any atom is 0.167 e. The molecule has 3 aromatic carbocycles. The van der Waals surface area contributed by atoms with Crippen LogP contribution in [0.1, 0.15) is 33.6 Å². The third kappa shape index (κ3) is 5.35. The molecule has 4 aromatic rings. The summed E-state index contributed by atoms with van der Waals surface area (Å²) in [5, 5.41) is 1.23. The second kappa shape index (κ2) is 10.1. The van der Waals surface area contributed by atoms with Gasteiger partial charge in [-0.05, 0) is 94.5 Å². The van der Waals surface area contributed by atoms with Gasteiger partial charge in [-0.25, -0.2) is 0 Å². The summed E-state index contributed by atoms with van der Waals surface area (Å²) in [4.78, 5) is 14.8. The van der Waals surface area contributed by atoms with Crippen molar-refractivity contribution in [1.82, 2.24) is 9.47 Å². The molecule has 4 nitrogen and oxygen atoms in total. The summed E-state index contributed by atoms with van der Waals surface area (Å²) >= 11 is 0. The molecule has 0 spiro atoms. The van der Waals surface area contributed by atoms with E-state index in [0.717, 1.165) is 36.6 Å². The molecule has 4 heteroatoms. The summed E-state index contributed by atoms with van der Waals surface area (Å²) in [5.74, 6) is 1.64. The lowest BCUT2D eigenvalue weighted by atomic mass is 10.0. The van der Waals surface area contributed by atoms with Gasteiger partial charge in [-0.2, -0.15) is 0 Å². The topological polar surface area (TPSA) is 34.5 Å². The second-order valence-corrected chi connectivity index (χ2v) is 8.91. The molecule has 0 amide bonds. The first-order valence-corrected chi connectivity index (χ1v) is 11.5. The Balaban J connectivity index is 1.47. The van der Waals surface area contributed by atoms with Gasteiger partial charge in [0.25, 0.3) is 0 Å². The number of carbonyl (C=O) groups excluding carboxylic acids is 1. The van der Waals surface area contributed by atoms with Crippen LogP contribution in [-0.4, -0.2) is 35.9 Å². The van der Waals surface area contributed by atoms with E-state index in [2.05, 4.69) is 49.5 Å². The molecule has 0 aliphatic carbocycles. The van der Waals surface area contributed by atoms with Crippen LogP contribution in [0.5, 0.6) is 11.5 Å². The van der Waals surface area contributed by atoms with E-state index in [1.54, 1.807) is 0 Å². The van der Waals surface area contributed by atoms with Crippen molar-refractivity contribution in [1.29, 1.82) is 0 Å². The molecule has 0 N–H and O–H groups in total. The summed E-state index contributed by atoms with van der Waals surface area (Å²) in [6, 6.07) is 23.5. The van der Waals surface area contributed by atoms with Crippen LogP contribution >= 0.6 is 0 Å². The van der Waals surface area contributed by atoms with Crippen molar-refractivity contribution >= 4 is 16.7 Å². The van der Waals surface area contributed by atoms with E-state index in [0.29, 0.717) is 12.0 Å². The molecule has 33 heavy (non-hydrogen) atoms. The number of nitrogens with zero attached hydrogens (tertiary/aromatic N) is 2. The third-order valence-corrected chi connectivity index (χ3v) is 6.22. The van der Waals surface area contributed by atoms with E-state index in [4.69, 9.17) is 4.74 Å². The fourth-order valence-corrected chi connectivity index (χ4v) is 4.25. The smallest absolute Gasteiger partial charge is 0.167 e. The van der Waals surface area contributed by atoms with Crippen molar-refractivity contribution in [2.24, 2.45) is 0 Å². The summed E-state index contributed by atoms with van der Waals surface area (Å²) in [5.41, 5.74) is 5.57. The number of benzene rings is 3. The fraction of sp³-hybridized carbons (Fsp3) is 0.276. The Morgan fingerprint density at radius 1 is 0.909 bits per heavy atom. The number of aryl methyl sites for hydroxylation is 2. The van der Waals surface area contributed by atoms with Crippen molar-refractivity contribution in [2.45, 2.75) is 33.2 Å². The average Bonchev–Trinajstić information content (AvgIpc) is 3.04. The lowest BCUT2D eigenvalue weighted by molar-refractivity contribution is 0.0993. The van der Waals surface area contributed by atoms with E-state index in [9.17, 15) is 4.79 Å². The summed E-state index contributed by atoms with van der Waals surface area (Å²) in [7, 11) is 4.22. The summed E-state index contributed by atoms with van der Waals surface area (Å²) in [6.07, 6.45) is 1.52. The van der Waals surface area contributed by atoms with Gasteiger partial charge in [-0.3, -0.25) is 4.79 Å². The molecule has 0 bridgehead atoms. The molecule has 1 heterocycles. The Morgan fingerprint density at radius 3 is 2.30 bits per heavy atom. The Kier molecular flexibility index (Phi) is 6.95. The molecule has 0 saturated heterocycles. The molecule has 0 fully saturated rings. The molecule has 0 atom stereocenters. The molecule has 0 unspecified atom stereocenters. The molecule has 0 aliphatic heterocycles. The molecule has 0 saturated carbocycles. The van der Waals surface area contributed by atoms with Crippen molar-refractivity contribution in [3.63, 3.8) is 0 Å². The Bertz CT molecular complexity index is 1240. The van der Waals surface area contributed by atoms with Gasteiger partial charge in [0.15, 0.2) is 5.78 Å². The highest BCUT2D eigenvalue weighted by molar-refractivity contribution is 5.97. The predicted molar refractivity (Wildman–Crippen MR) is 136 cm³/mol. The first-order chi connectivity index (χ1) is 15.9. The lowest BCUT2D eigenvalue weighted by Crippen LogP contribution is -2.15. The molecular weight excluding hydrogens is 408 g/mol. The van der Waals surface area contributed by atoms with Gasteiger partial charge >= 0.3 is 0 Å². The number of ketones is 1. The Hall–Kier alpha value is -3.37. The van der Waals surface area contributed by atoms with Crippen LogP contribution in [0, 0.1) is 13.8 Å². The molecule has 0 radical (unpaired) electrons. The minimum absolute atomic E-state index is 0.107. The van der Waals surface area contributed by atoms with Crippen molar-refractivity contribution in [3.8, 4) is 11.5 Å². The number of ether oxygens (including phenoxy) is 1. The maximum absolute atomic E-state index is 12.6. The van der Waals surface area contributed by atoms with Gasteiger partial charge in [-0.1, -0.05) is 30.3 Å². The van der Waals surface area contributed by atoms with Crippen molar-refractivity contribution in [3.05, 3.63) is 95.2 Å². The molecule has 1 aromatic heterocycles. The normalized spacial score (nSPS) is 11.3. The van der Waals surface area contributed by atoms with Crippen LogP contribution in [0.4, 0.5) is 0 Å². The standard InChI is InChI=1S/C29H32N2O2/c1-21-22(2)31(18-8-17-30(3)4)28-16-15-26(20-27(21)28)33-25-13-11-24(12-14-25)29(32)19-23-9-6-5-7-10-23/h5-7,9-16,20H,8,17-19H2,1-4H3. The van der Waals surface area contributed by atoms with Gasteiger partial charge in [0.05, 0.1) is 0 Å². The monoisotopic (exact) mass is 440 g/mol. The molecule has 0 aliphatic rings. The van der Waals surface area contributed by atoms with E-state index >= 15 is 0 Å². The number of carbonyl (C=O) groups is 1. The molecular formula is C29H32N2O2. The zero-order valence-electron chi connectivity index (χ0n) is 20.0. The lowest BCUT2D eigenvalue weighted by Gasteiger charge is -2.12. The summed E-state index contributed by atoms with van der Waals surface area (Å²) in [6.45, 7) is 6.45. The highest BCUT2D eigenvalue weighted by Gasteiger charge is 2.13. The van der Waals surface area contributed by atoms with Crippen LogP contribution in [0.15, 0.2) is 72.8 Å². The first kappa shape index (κ1) is 22.8. The highest BCUT2D eigenvalue weighted by atomic mass is 16.5. The minimum Gasteiger partial charge on any atom is -0.457 e. The largest absolute Gasteiger partial charge is 0.457 e. The number of rotatable bonds is 9. The highest BCUT2D eigenvalue weighted by Crippen LogP contribution is 2.31. The Morgan fingerprint density at radius 2 is 1.61 bits per heavy atom. The third-order valence-electron chi connectivity index (χ3n) is 6.22. The fourth-order valence-electron chi connectivity index (χ4n) is 4.25. The van der Waals surface area contributed by atoms with Gasteiger partial charge < -0.3 is 14.2 Å². The van der Waals surface area contributed by atoms with E-state index < -0.39 is 0 Å². The Labute approximate surface area is 196 Å². The van der Waals surface area contributed by atoms with Gasteiger partial charge in [0, 0.05) is 35.1 Å². The van der Waals surface area contributed by atoms with E-state index in [1.165, 1.54) is 22.2 Å². The first-order valence-electron chi connectivity index (χ1n) is 11.5. The van der Waals surface area contributed by atoms with Crippen molar-refractivity contribution in [2.75, 3.05) is 20.6 Å². The van der Waals surface area contributed by atoms with Crippen LogP contribution in [0.3, 0.4) is 0 Å². The van der Waals surface area contributed by atoms with Crippen LogP contribution in [0.2, 0.25) is 0 Å². The van der Waals surface area contributed by atoms with Crippen LogP contribution in [-0.2, 0) is 13.0 Å². The molecule has 170 valence electrons. The zero-order valence-corrected chi connectivity index (χ0v) is 20.0. The number of hydrogen-bond donors (Lipinski definition) is 0. The average molecular weight is 441 g/mol. The van der Waals surface area contributed by atoms with Gasteiger partial charge in [0.2, 0.25) is 0 Å². The SMILES string of the molecule is Cc1c(C)n(CCCN(C)C)c2ccc(Oc3ccc(C(=O)Cc4ccccc4)cc3)cc12. The summed E-state index contributed by atoms with van der Waals surface area (Å²) < 4.78 is 8.54. The number of aromatic nitrogens is 1. The van der Waals surface area contributed by atoms with E-state index in [-0.39, 0.29) is 5.78 Å². The number of hydrogen-bond acceptors (Lipinski definition) is 3. The second-order valence-electron chi connectivity index (χ2n) is 8.91.